The monoisotopic (exact) mass is 854 g/mol. The lowest BCUT2D eigenvalue weighted by Gasteiger charge is -2.56. The summed E-state index contributed by atoms with van der Waals surface area (Å²) in [5, 5.41) is 0. The van der Waals surface area contributed by atoms with Crippen LogP contribution in [-0.4, -0.2) is 38.5 Å². The van der Waals surface area contributed by atoms with Gasteiger partial charge in [0.1, 0.15) is 0 Å². The molecule has 0 aliphatic heterocycles. The van der Waals surface area contributed by atoms with Crippen molar-refractivity contribution in [3.05, 3.63) is 4.84 Å². The number of hydrogen-bond donors (Lipinski definition) is 0. The molecule has 0 saturated heterocycles. The zero-order valence-corrected chi connectivity index (χ0v) is 28.8. The normalized spacial score (nSPS) is 16.8. The number of rotatable bonds is 7. The van der Waals surface area contributed by atoms with Crippen LogP contribution in [0.15, 0.2) is 0 Å². The summed E-state index contributed by atoms with van der Waals surface area (Å²) in [6.07, 6.45) is 0. The van der Waals surface area contributed by atoms with Crippen molar-refractivity contribution in [2.24, 2.45) is 0 Å². The number of hydrogen-bond acceptors (Lipinski definition) is 0. The zero-order chi connectivity index (χ0) is 26.1. The first kappa shape index (κ1) is 37.1. The third-order valence-electron chi connectivity index (χ3n) is 3.42. The van der Waals surface area contributed by atoms with Crippen LogP contribution in [0.1, 0.15) is 0 Å². The van der Waals surface area contributed by atoms with Crippen LogP contribution >= 0.6 is 244 Å². The highest BCUT2D eigenvalue weighted by Gasteiger charge is 2.84. The summed E-state index contributed by atoms with van der Waals surface area (Å²) in [4.78, 5) is -3.90. The quantitative estimate of drug-likeness (QED) is 0.224. The van der Waals surface area contributed by atoms with Gasteiger partial charge in [-0.2, -0.15) is 0 Å². The van der Waals surface area contributed by atoms with Gasteiger partial charge in [0.15, 0.2) is 35.7 Å². The summed E-state index contributed by atoms with van der Waals surface area (Å²) in [5.41, 5.74) is 0. The molecule has 0 aromatic heterocycles. The lowest BCUT2D eigenvalue weighted by Crippen LogP contribution is -2.73. The van der Waals surface area contributed by atoms with E-state index < -0.39 is 43.3 Å². The summed E-state index contributed by atoms with van der Waals surface area (Å²) in [7, 11) is 0. The fraction of sp³-hybridized carbons (Fsp3) is 0.900. The van der Waals surface area contributed by atoms with Crippen molar-refractivity contribution in [3.8, 4) is 0 Å². The van der Waals surface area contributed by atoms with Crippen molar-refractivity contribution < 1.29 is 0 Å². The van der Waals surface area contributed by atoms with Gasteiger partial charge in [0.25, 0.3) is 0 Å². The van der Waals surface area contributed by atoms with Crippen LogP contribution in [-0.2, 0) is 0 Å². The van der Waals surface area contributed by atoms with Gasteiger partial charge in [-0.25, -0.2) is 0 Å². The van der Waals surface area contributed by atoms with Crippen LogP contribution in [0.25, 0.3) is 0 Å². The van der Waals surface area contributed by atoms with E-state index >= 15 is 0 Å². The molecule has 31 heavy (non-hydrogen) atoms. The molecule has 0 spiro atoms. The third kappa shape index (κ3) is 5.93. The number of halogens is 21. The van der Waals surface area contributed by atoms with Gasteiger partial charge < -0.3 is 0 Å². The van der Waals surface area contributed by atoms with Gasteiger partial charge in [0, 0.05) is 0 Å². The maximum atomic E-state index is 6.29. The van der Waals surface area contributed by atoms with Gasteiger partial charge >= 0.3 is 0 Å². The van der Waals surface area contributed by atoms with Crippen LogP contribution in [0.3, 0.4) is 0 Å². The molecular formula is C10Cl21. The Morgan fingerprint density at radius 3 is 0.774 bits per heavy atom. The molecule has 0 rings (SSSR count). The van der Waals surface area contributed by atoms with E-state index in [2.05, 4.69) is 0 Å². The van der Waals surface area contributed by atoms with E-state index in [0.717, 1.165) is 0 Å². The summed E-state index contributed by atoms with van der Waals surface area (Å²) < 4.78 is -23.9. The summed E-state index contributed by atoms with van der Waals surface area (Å²) in [6.45, 7) is 0. The Morgan fingerprint density at radius 2 is 0.548 bits per heavy atom. The van der Waals surface area contributed by atoms with Crippen molar-refractivity contribution in [1.82, 2.24) is 0 Å². The van der Waals surface area contributed by atoms with Crippen molar-refractivity contribution in [2.45, 2.75) is 38.5 Å². The van der Waals surface area contributed by atoms with Crippen LogP contribution in [0.2, 0.25) is 0 Å². The fourth-order valence-electron chi connectivity index (χ4n) is 1.64. The molecule has 0 heterocycles. The minimum atomic E-state index is -3.19. The SMILES string of the molecule is Cl[C](Cl)C(Cl)(Cl)C(Cl)(Cl)C(Cl)(Cl)C(Cl)(Cl)C(Cl)(Cl)C(Cl)(Cl)C(Cl)(C(Cl)(Cl)Cl)C(Cl)(Cl)Cl. The molecule has 187 valence electrons. The highest BCUT2D eigenvalue weighted by molar-refractivity contribution is 6.84. The second-order valence-electron chi connectivity index (χ2n) is 5.36. The smallest absolute Gasteiger partial charge is 0.106 e. The molecular weight excluding hydrogens is 865 g/mol. The Bertz CT molecular complexity index is 632. The third-order valence-corrected chi connectivity index (χ3v) is 16.3. The molecule has 21 heteroatoms. The van der Waals surface area contributed by atoms with Crippen LogP contribution < -0.4 is 0 Å². The predicted molar refractivity (Wildman–Crippen MR) is 151 cm³/mol. The summed E-state index contributed by atoms with van der Waals surface area (Å²) >= 11 is 127. The van der Waals surface area contributed by atoms with E-state index in [1.807, 2.05) is 0 Å². The van der Waals surface area contributed by atoms with Crippen molar-refractivity contribution >= 4 is 244 Å². The van der Waals surface area contributed by atoms with E-state index in [4.69, 9.17) is 244 Å². The van der Waals surface area contributed by atoms with E-state index in [-0.39, 0.29) is 0 Å². The van der Waals surface area contributed by atoms with Crippen LogP contribution in [0.4, 0.5) is 0 Å². The molecule has 0 unspecified atom stereocenters. The molecule has 0 nitrogen and oxygen atoms in total. The zero-order valence-electron chi connectivity index (χ0n) is 12.9. The van der Waals surface area contributed by atoms with Crippen LogP contribution in [0.5, 0.6) is 0 Å². The molecule has 0 fully saturated rings. The largest absolute Gasteiger partial charge is 0.216 e. The van der Waals surface area contributed by atoms with Gasteiger partial charge in [-0.05, 0) is 0 Å². The van der Waals surface area contributed by atoms with Gasteiger partial charge in [0.2, 0.25) is 7.59 Å². The van der Waals surface area contributed by atoms with Gasteiger partial charge in [-0.3, -0.25) is 0 Å². The van der Waals surface area contributed by atoms with E-state index in [1.165, 1.54) is 0 Å². The molecule has 0 N–H and O–H groups in total. The molecule has 0 aromatic rings. The first-order chi connectivity index (χ1) is 12.9. The topological polar surface area (TPSA) is 0 Å². The maximum Gasteiger partial charge on any atom is 0.216 e. The Kier molecular flexibility index (Phi) is 13.4. The summed E-state index contributed by atoms with van der Waals surface area (Å²) in [5.74, 6) is 0. The molecule has 0 aliphatic carbocycles. The van der Waals surface area contributed by atoms with E-state index in [9.17, 15) is 0 Å². The molecule has 0 aliphatic rings. The molecule has 0 bridgehead atoms. The highest BCUT2D eigenvalue weighted by atomic mass is 35.6. The predicted octanol–water partition coefficient (Wildman–Crippen LogP) is 12.7. The van der Waals surface area contributed by atoms with Gasteiger partial charge in [-0.15, -0.1) is 11.6 Å². The number of alkyl halides is 19. The van der Waals surface area contributed by atoms with Gasteiger partial charge in [0.05, 0.1) is 0 Å². The Labute approximate surface area is 282 Å². The van der Waals surface area contributed by atoms with Gasteiger partial charge in [-0.1, -0.05) is 232 Å². The van der Waals surface area contributed by atoms with Crippen molar-refractivity contribution in [1.29, 1.82) is 0 Å². The Morgan fingerprint density at radius 1 is 0.323 bits per heavy atom. The maximum absolute atomic E-state index is 6.29. The minimum absolute atomic E-state index is 0.859. The minimum Gasteiger partial charge on any atom is -0.106 e. The summed E-state index contributed by atoms with van der Waals surface area (Å²) in [6, 6.07) is 0. The van der Waals surface area contributed by atoms with E-state index in [0.29, 0.717) is 0 Å². The first-order valence-electron chi connectivity index (χ1n) is 6.22. The second-order valence-corrected chi connectivity index (χ2v) is 19.4. The standard InChI is InChI=1S/C10Cl21/c11-1(12)2(13,14)4(16,17)6(20,21)8(24,25)7(22,23)5(18,19)3(15,9(26,27)28)10(29,30)31. The Hall–Kier alpha value is 6.09. The molecule has 0 atom stereocenters. The average Bonchev–Trinajstić information content (AvgIpc) is 2.50. The lowest BCUT2D eigenvalue weighted by molar-refractivity contribution is 0.414. The molecule has 0 saturated carbocycles. The second kappa shape index (κ2) is 11.2. The Balaban J connectivity index is 7.11. The molecule has 1 radical (unpaired) electrons. The first-order valence-corrected chi connectivity index (χ1v) is 14.2. The molecule has 0 amide bonds. The lowest BCUT2D eigenvalue weighted by atomic mass is 9.97. The van der Waals surface area contributed by atoms with E-state index in [1.54, 1.807) is 0 Å². The fourth-order valence-corrected chi connectivity index (χ4v) is 9.15. The highest BCUT2D eigenvalue weighted by Crippen LogP contribution is 2.75. The average molecular weight is 865 g/mol. The van der Waals surface area contributed by atoms with Crippen LogP contribution in [0, 0.1) is 4.84 Å². The molecule has 0 aromatic carbocycles. The van der Waals surface area contributed by atoms with Crippen molar-refractivity contribution in [3.63, 3.8) is 0 Å². The van der Waals surface area contributed by atoms with Crippen molar-refractivity contribution in [2.75, 3.05) is 0 Å².